The second kappa shape index (κ2) is 6.12. The molecule has 0 aliphatic heterocycles. The highest BCUT2D eigenvalue weighted by molar-refractivity contribution is 5.42. The lowest BCUT2D eigenvalue weighted by Gasteiger charge is -2.18. The number of hydrogen-bond donors (Lipinski definition) is 1. The lowest BCUT2D eigenvalue weighted by Crippen LogP contribution is -2.18. The second-order valence-electron chi connectivity index (χ2n) is 4.29. The summed E-state index contributed by atoms with van der Waals surface area (Å²) in [6.45, 7) is 1.77. The minimum atomic E-state index is 0.867. The summed E-state index contributed by atoms with van der Waals surface area (Å²) in [7, 11) is 4.00. The van der Waals surface area contributed by atoms with Crippen molar-refractivity contribution in [2.24, 2.45) is 0 Å². The average molecular weight is 242 g/mol. The Morgan fingerprint density at radius 1 is 1.11 bits per heavy atom. The number of pyridine rings is 2. The van der Waals surface area contributed by atoms with Gasteiger partial charge in [0.15, 0.2) is 0 Å². The Morgan fingerprint density at radius 2 is 1.89 bits per heavy atom. The zero-order valence-electron chi connectivity index (χ0n) is 10.8. The van der Waals surface area contributed by atoms with Gasteiger partial charge >= 0.3 is 0 Å². The molecule has 0 amide bonds. The van der Waals surface area contributed by atoms with E-state index in [2.05, 4.69) is 33.3 Å². The normalized spacial score (nSPS) is 10.6. The number of aromatic nitrogens is 2. The van der Waals surface area contributed by atoms with Gasteiger partial charge in [-0.2, -0.15) is 0 Å². The van der Waals surface area contributed by atoms with Crippen LogP contribution in [0.1, 0.15) is 11.1 Å². The first kappa shape index (κ1) is 12.5. The van der Waals surface area contributed by atoms with Gasteiger partial charge < -0.3 is 5.32 Å². The number of anilines is 1. The van der Waals surface area contributed by atoms with Crippen molar-refractivity contribution in [1.29, 1.82) is 0 Å². The molecule has 2 aromatic heterocycles. The van der Waals surface area contributed by atoms with Crippen molar-refractivity contribution in [2.45, 2.75) is 13.1 Å². The van der Waals surface area contributed by atoms with Gasteiger partial charge in [-0.25, -0.2) is 4.98 Å². The van der Waals surface area contributed by atoms with Crippen LogP contribution in [-0.2, 0) is 13.1 Å². The SMILES string of the molecule is CNc1ncccc1CN(C)Cc1ccncc1. The summed E-state index contributed by atoms with van der Waals surface area (Å²) in [5.74, 6) is 0.944. The number of nitrogens with one attached hydrogen (secondary N) is 1. The fraction of sp³-hybridized carbons (Fsp3) is 0.286. The minimum absolute atomic E-state index is 0.867. The van der Waals surface area contributed by atoms with Gasteiger partial charge in [0.1, 0.15) is 5.82 Å². The van der Waals surface area contributed by atoms with Gasteiger partial charge in [-0.15, -0.1) is 0 Å². The van der Waals surface area contributed by atoms with Gasteiger partial charge in [0.25, 0.3) is 0 Å². The van der Waals surface area contributed by atoms with E-state index in [4.69, 9.17) is 0 Å². The molecular weight excluding hydrogens is 224 g/mol. The molecule has 4 nitrogen and oxygen atoms in total. The molecule has 18 heavy (non-hydrogen) atoms. The van der Waals surface area contributed by atoms with Crippen molar-refractivity contribution in [3.63, 3.8) is 0 Å². The Hall–Kier alpha value is -1.94. The first-order valence-electron chi connectivity index (χ1n) is 5.98. The summed E-state index contributed by atoms with van der Waals surface area (Å²) >= 11 is 0. The topological polar surface area (TPSA) is 41.1 Å². The van der Waals surface area contributed by atoms with Crippen LogP contribution < -0.4 is 5.32 Å². The van der Waals surface area contributed by atoms with Crippen molar-refractivity contribution in [2.75, 3.05) is 19.4 Å². The van der Waals surface area contributed by atoms with Crippen molar-refractivity contribution < 1.29 is 0 Å². The molecule has 0 saturated heterocycles. The lowest BCUT2D eigenvalue weighted by atomic mass is 10.2. The Balaban J connectivity index is 2.01. The third kappa shape index (κ3) is 3.28. The zero-order chi connectivity index (χ0) is 12.8. The van der Waals surface area contributed by atoms with Gasteiger partial charge in [0.05, 0.1) is 0 Å². The van der Waals surface area contributed by atoms with E-state index in [1.165, 1.54) is 11.1 Å². The molecule has 0 aliphatic rings. The molecule has 0 fully saturated rings. The lowest BCUT2D eigenvalue weighted by molar-refractivity contribution is 0.319. The molecule has 0 saturated carbocycles. The molecule has 2 rings (SSSR count). The molecule has 2 heterocycles. The van der Waals surface area contributed by atoms with Crippen LogP contribution in [0, 0.1) is 0 Å². The Morgan fingerprint density at radius 3 is 2.61 bits per heavy atom. The standard InChI is InChI=1S/C14H18N4/c1-15-14-13(4-3-7-17-14)11-18(2)10-12-5-8-16-9-6-12/h3-9H,10-11H2,1-2H3,(H,15,17). The molecule has 0 aromatic carbocycles. The molecular formula is C14H18N4. The molecule has 0 unspecified atom stereocenters. The summed E-state index contributed by atoms with van der Waals surface area (Å²) in [5.41, 5.74) is 2.47. The van der Waals surface area contributed by atoms with Gasteiger partial charge in [-0.05, 0) is 30.8 Å². The van der Waals surface area contributed by atoms with E-state index in [1.54, 1.807) is 6.20 Å². The summed E-state index contributed by atoms with van der Waals surface area (Å²) in [5, 5.41) is 3.12. The predicted octanol–water partition coefficient (Wildman–Crippen LogP) is 2.15. The highest BCUT2D eigenvalue weighted by Gasteiger charge is 2.05. The number of rotatable bonds is 5. The number of hydrogen-bond acceptors (Lipinski definition) is 4. The molecule has 4 heteroatoms. The quantitative estimate of drug-likeness (QED) is 0.872. The van der Waals surface area contributed by atoms with E-state index in [-0.39, 0.29) is 0 Å². The van der Waals surface area contributed by atoms with Crippen molar-refractivity contribution in [3.8, 4) is 0 Å². The molecule has 0 aliphatic carbocycles. The minimum Gasteiger partial charge on any atom is -0.373 e. The van der Waals surface area contributed by atoms with E-state index in [1.807, 2.05) is 37.6 Å². The van der Waals surface area contributed by atoms with Crippen LogP contribution in [-0.4, -0.2) is 29.0 Å². The largest absolute Gasteiger partial charge is 0.373 e. The van der Waals surface area contributed by atoms with Crippen LogP contribution in [0.25, 0.3) is 0 Å². The second-order valence-corrected chi connectivity index (χ2v) is 4.29. The van der Waals surface area contributed by atoms with Gasteiger partial charge in [-0.1, -0.05) is 6.07 Å². The van der Waals surface area contributed by atoms with E-state index < -0.39 is 0 Å². The van der Waals surface area contributed by atoms with Crippen molar-refractivity contribution in [1.82, 2.24) is 14.9 Å². The average Bonchev–Trinajstić information content (AvgIpc) is 2.40. The molecule has 0 bridgehead atoms. The van der Waals surface area contributed by atoms with Crippen molar-refractivity contribution >= 4 is 5.82 Å². The zero-order valence-corrected chi connectivity index (χ0v) is 10.8. The Labute approximate surface area is 108 Å². The third-order valence-corrected chi connectivity index (χ3v) is 2.77. The number of nitrogens with zero attached hydrogens (tertiary/aromatic N) is 3. The van der Waals surface area contributed by atoms with Gasteiger partial charge in [0, 0.05) is 44.3 Å². The smallest absolute Gasteiger partial charge is 0.130 e. The summed E-state index contributed by atoms with van der Waals surface area (Å²) in [4.78, 5) is 10.6. The van der Waals surface area contributed by atoms with Crippen LogP contribution in [0.15, 0.2) is 42.9 Å². The van der Waals surface area contributed by atoms with Crippen LogP contribution in [0.2, 0.25) is 0 Å². The first-order valence-corrected chi connectivity index (χ1v) is 5.98. The van der Waals surface area contributed by atoms with E-state index in [0.29, 0.717) is 0 Å². The van der Waals surface area contributed by atoms with E-state index >= 15 is 0 Å². The predicted molar refractivity (Wildman–Crippen MR) is 73.2 cm³/mol. The maximum Gasteiger partial charge on any atom is 0.130 e. The van der Waals surface area contributed by atoms with Gasteiger partial charge in [0.2, 0.25) is 0 Å². The summed E-state index contributed by atoms with van der Waals surface area (Å²) in [6.07, 6.45) is 5.46. The summed E-state index contributed by atoms with van der Waals surface area (Å²) in [6, 6.07) is 8.15. The van der Waals surface area contributed by atoms with Crippen LogP contribution in [0.5, 0.6) is 0 Å². The van der Waals surface area contributed by atoms with Crippen LogP contribution in [0.4, 0.5) is 5.82 Å². The molecule has 0 atom stereocenters. The molecule has 1 N–H and O–H groups in total. The molecule has 94 valence electrons. The highest BCUT2D eigenvalue weighted by Crippen LogP contribution is 2.14. The van der Waals surface area contributed by atoms with Crippen LogP contribution >= 0.6 is 0 Å². The molecule has 2 aromatic rings. The molecule has 0 spiro atoms. The fourth-order valence-corrected chi connectivity index (χ4v) is 1.94. The fourth-order valence-electron chi connectivity index (χ4n) is 1.94. The first-order chi connectivity index (χ1) is 8.79. The Bertz CT molecular complexity index is 484. The van der Waals surface area contributed by atoms with Crippen LogP contribution in [0.3, 0.4) is 0 Å². The maximum atomic E-state index is 4.31. The monoisotopic (exact) mass is 242 g/mol. The maximum absolute atomic E-state index is 4.31. The van der Waals surface area contributed by atoms with Gasteiger partial charge in [-0.3, -0.25) is 9.88 Å². The summed E-state index contributed by atoms with van der Waals surface area (Å²) < 4.78 is 0. The Kier molecular flexibility index (Phi) is 4.25. The van der Waals surface area contributed by atoms with Crippen molar-refractivity contribution in [3.05, 3.63) is 54.0 Å². The molecule has 0 radical (unpaired) electrons. The van der Waals surface area contributed by atoms with E-state index in [9.17, 15) is 0 Å². The highest BCUT2D eigenvalue weighted by atomic mass is 15.1. The third-order valence-electron chi connectivity index (χ3n) is 2.77. The van der Waals surface area contributed by atoms with E-state index in [0.717, 1.165) is 18.9 Å².